The summed E-state index contributed by atoms with van der Waals surface area (Å²) in [5.41, 5.74) is 14.6. The third-order valence-electron chi connectivity index (χ3n) is 19.0. The van der Waals surface area contributed by atoms with Crippen LogP contribution in [0.2, 0.25) is 5.02 Å². The Morgan fingerprint density at radius 2 is 0.688 bits per heavy atom. The number of hydrogen-bond acceptors (Lipinski definition) is 4. The summed E-state index contributed by atoms with van der Waals surface area (Å²) < 4.78 is 34.7. The van der Waals surface area contributed by atoms with Crippen molar-refractivity contribution in [3.05, 3.63) is 177 Å². The molecule has 0 spiro atoms. The van der Waals surface area contributed by atoms with Gasteiger partial charge in [-0.15, -0.1) is 0 Å². The molecule has 10 aromatic rings. The molecule has 8 aromatic carbocycles. The van der Waals surface area contributed by atoms with Crippen molar-refractivity contribution >= 4 is 55.2 Å². The molecule has 2 aromatic heterocycles. The predicted octanol–water partition coefficient (Wildman–Crippen LogP) is 24.5. The van der Waals surface area contributed by atoms with E-state index in [1.54, 1.807) is 0 Å². The Morgan fingerprint density at radius 1 is 0.376 bits per heavy atom. The zero-order valence-corrected chi connectivity index (χ0v) is 61.2. The summed E-state index contributed by atoms with van der Waals surface area (Å²) in [7, 11) is 0. The van der Waals surface area contributed by atoms with Gasteiger partial charge >= 0.3 is 0 Å². The maximum Gasteiger partial charge on any atom is 0.147 e. The Bertz CT molecular complexity index is 4110. The molecule has 2 N–H and O–H groups in total. The summed E-state index contributed by atoms with van der Waals surface area (Å²) in [6, 6.07) is 42.4. The van der Waals surface area contributed by atoms with Crippen LogP contribution in [0.5, 0.6) is 23.0 Å². The zero-order valence-electron chi connectivity index (χ0n) is 60.4. The average molecular weight is 1270 g/mol. The normalized spacial score (nSPS) is 13.4. The summed E-state index contributed by atoms with van der Waals surface area (Å²) in [6.45, 7) is 53.9. The van der Waals surface area contributed by atoms with Crippen LogP contribution in [0.4, 0.5) is 4.39 Å². The lowest BCUT2D eigenvalue weighted by Crippen LogP contribution is -2.25. The number of fused-ring (bicyclic) bond motifs is 6. The lowest BCUT2D eigenvalue weighted by atomic mass is 9.71. The van der Waals surface area contributed by atoms with Gasteiger partial charge in [-0.25, -0.2) is 4.39 Å². The second kappa shape index (κ2) is 23.9. The van der Waals surface area contributed by atoms with Gasteiger partial charge in [-0.1, -0.05) is 212 Å². The van der Waals surface area contributed by atoms with E-state index in [2.05, 4.69) is 259 Å². The molecule has 10 rings (SSSR count). The van der Waals surface area contributed by atoms with E-state index in [1.807, 2.05) is 26.0 Å². The number of benzene rings is 8. The lowest BCUT2D eigenvalue weighted by molar-refractivity contribution is 0.246. The molecular formula is C85H104ClFN2O4. The highest BCUT2D eigenvalue weighted by atomic mass is 35.5. The Kier molecular flexibility index (Phi) is 17.6. The van der Waals surface area contributed by atoms with Crippen molar-refractivity contribution in [3.8, 4) is 56.6 Å². The van der Waals surface area contributed by atoms with Crippen LogP contribution < -0.4 is 9.47 Å². The number of ether oxygens (including phenoxy) is 2. The Morgan fingerprint density at radius 3 is 1.00 bits per heavy atom. The first kappa shape index (κ1) is 68.6. The smallest absolute Gasteiger partial charge is 0.147 e. The lowest BCUT2D eigenvalue weighted by Gasteiger charge is -2.34. The van der Waals surface area contributed by atoms with Gasteiger partial charge in [-0.3, -0.25) is 0 Å². The fraction of sp³-hybridized carbons (Fsp3) is 0.435. The number of aryl methyl sites for hydroxylation is 2. The van der Waals surface area contributed by atoms with Gasteiger partial charge in [-0.2, -0.15) is 0 Å². The van der Waals surface area contributed by atoms with E-state index in [9.17, 15) is 10.2 Å². The molecule has 6 nitrogen and oxygen atoms in total. The van der Waals surface area contributed by atoms with E-state index < -0.39 is 5.82 Å². The van der Waals surface area contributed by atoms with Gasteiger partial charge in [0.2, 0.25) is 0 Å². The number of aromatic hydroxyl groups is 2. The van der Waals surface area contributed by atoms with Crippen molar-refractivity contribution in [3.63, 3.8) is 0 Å². The Labute approximate surface area is 560 Å². The number of phenols is 2. The van der Waals surface area contributed by atoms with Gasteiger partial charge < -0.3 is 28.8 Å². The quantitative estimate of drug-likeness (QED) is 0.106. The fourth-order valence-corrected chi connectivity index (χ4v) is 15.0. The molecule has 0 aliphatic rings. The Balaban J connectivity index is 1.08. The molecule has 492 valence electrons. The number of halogens is 2. The minimum atomic E-state index is -0.425. The Hall–Kier alpha value is -7.22. The number of rotatable bonds is 14. The summed E-state index contributed by atoms with van der Waals surface area (Å²) in [4.78, 5) is 0. The van der Waals surface area contributed by atoms with E-state index in [1.165, 1.54) is 34.4 Å². The molecule has 8 heteroatoms. The fourth-order valence-electron chi connectivity index (χ4n) is 14.7. The van der Waals surface area contributed by atoms with Gasteiger partial charge in [-0.05, 0) is 187 Å². The topological polar surface area (TPSA) is 68.8 Å². The minimum absolute atomic E-state index is 0.00861. The van der Waals surface area contributed by atoms with Gasteiger partial charge in [0.25, 0.3) is 0 Å². The van der Waals surface area contributed by atoms with Crippen LogP contribution in [0.15, 0.2) is 121 Å². The first-order valence-electron chi connectivity index (χ1n) is 33.6. The molecule has 93 heavy (non-hydrogen) atoms. The monoisotopic (exact) mass is 1270 g/mol. The highest BCUT2D eigenvalue weighted by Gasteiger charge is 2.34. The van der Waals surface area contributed by atoms with Crippen molar-refractivity contribution in [1.82, 2.24) is 9.13 Å². The molecule has 0 bridgehead atoms. The number of nitrogens with zero attached hydrogens (tertiary/aromatic N) is 2. The molecule has 0 unspecified atom stereocenters. The van der Waals surface area contributed by atoms with Gasteiger partial charge in [0, 0.05) is 55.2 Å². The van der Waals surface area contributed by atoms with E-state index in [0.29, 0.717) is 62.1 Å². The van der Waals surface area contributed by atoms with E-state index in [-0.39, 0.29) is 68.0 Å². The molecule has 0 saturated heterocycles. The van der Waals surface area contributed by atoms with E-state index >= 15 is 4.39 Å². The first-order valence-corrected chi connectivity index (χ1v) is 34.0. The highest BCUT2D eigenvalue weighted by Crippen LogP contribution is 2.52. The SMILES string of the molecule is Cc1cc(F)cc(-c2cc(C(C)(C)CC(C)(C)C)cc(-n3c4cc(C(C)(C)C)ccc4c4ccc(C(C)(C)C)cc43)c2O)c1OCCCOc1c(C)cc(Cl)cc1-c1cc(C(C)(C)CC(C)(C)C)cc(-n2c3cc(C(C)(C)C)ccc3c3ccc(C(C)(C)C)cc32)c1O. The second-order valence-corrected chi connectivity index (χ2v) is 35.3. The summed E-state index contributed by atoms with van der Waals surface area (Å²) in [5, 5.41) is 31.5. The molecule has 0 radical (unpaired) electrons. The van der Waals surface area contributed by atoms with Crippen LogP contribution >= 0.6 is 11.6 Å². The third kappa shape index (κ3) is 13.9. The molecule has 0 atom stereocenters. The molecule has 0 amide bonds. The summed E-state index contributed by atoms with van der Waals surface area (Å²) >= 11 is 7.10. The molecular weight excluding hydrogens is 1170 g/mol. The van der Waals surface area contributed by atoms with Crippen LogP contribution in [-0.4, -0.2) is 32.6 Å². The predicted molar refractivity (Wildman–Crippen MR) is 395 cm³/mol. The van der Waals surface area contributed by atoms with E-state index in [4.69, 9.17) is 21.1 Å². The standard InChI is InChI=1S/C85H104ClFN2O4/c1-50-36-58(86)46-66(64-38-56(84(21,22)48-78(3,4)5)44-72(74(64)90)88-68-40-52(80(9,10)11)26-30-60(68)61-31-27-53(41-69(61)88)81(12,13)14)76(50)92-34-25-35-93-77-51(2)37-59(87)47-67(77)65-39-57(85(23,24)49-79(6,7)8)45-73(75(65)91)89-70-42-54(82(15,16)17)28-32-62(70)63-33-29-55(43-71(63)89)83(18,19)20/h26-33,36-47,90-91H,25,34-35,48-49H2,1-24H3. The number of hydrogen-bond donors (Lipinski definition) is 2. The van der Waals surface area contributed by atoms with Crippen molar-refractivity contribution in [2.24, 2.45) is 10.8 Å². The largest absolute Gasteiger partial charge is 0.505 e. The zero-order chi connectivity index (χ0) is 68.4. The van der Waals surface area contributed by atoms with Crippen molar-refractivity contribution in [1.29, 1.82) is 0 Å². The maximum absolute atomic E-state index is 16.3. The van der Waals surface area contributed by atoms with Crippen molar-refractivity contribution < 1.29 is 24.1 Å². The first-order chi connectivity index (χ1) is 42.8. The van der Waals surface area contributed by atoms with Crippen molar-refractivity contribution in [2.75, 3.05) is 13.2 Å². The van der Waals surface area contributed by atoms with E-state index in [0.717, 1.165) is 73.1 Å². The van der Waals surface area contributed by atoms with Gasteiger partial charge in [0.05, 0.1) is 46.7 Å². The van der Waals surface area contributed by atoms with Crippen LogP contribution in [0.1, 0.15) is 216 Å². The maximum atomic E-state index is 16.3. The number of phenolic OH excluding ortho intramolecular Hbond substituents is 2. The highest BCUT2D eigenvalue weighted by molar-refractivity contribution is 6.31. The molecule has 0 saturated carbocycles. The number of aromatic nitrogens is 2. The molecule has 0 aliphatic carbocycles. The molecule has 0 aliphatic heterocycles. The van der Waals surface area contributed by atoms with Gasteiger partial charge in [0.15, 0.2) is 0 Å². The minimum Gasteiger partial charge on any atom is -0.505 e. The average Bonchev–Trinajstić information content (AvgIpc) is 1.58. The molecule has 2 heterocycles. The van der Waals surface area contributed by atoms with Crippen LogP contribution in [0.3, 0.4) is 0 Å². The third-order valence-corrected chi connectivity index (χ3v) is 19.2. The van der Waals surface area contributed by atoms with Crippen LogP contribution in [0.25, 0.3) is 77.2 Å². The van der Waals surface area contributed by atoms with Crippen molar-refractivity contribution in [2.45, 2.75) is 218 Å². The van der Waals surface area contributed by atoms with Crippen LogP contribution in [0, 0.1) is 30.5 Å². The van der Waals surface area contributed by atoms with Gasteiger partial charge in [0.1, 0.15) is 28.8 Å². The van der Waals surface area contributed by atoms with Crippen LogP contribution in [-0.2, 0) is 32.5 Å². The summed E-state index contributed by atoms with van der Waals surface area (Å²) in [6.07, 6.45) is 2.18. The molecule has 0 fully saturated rings. The summed E-state index contributed by atoms with van der Waals surface area (Å²) in [5.74, 6) is 0.833. The second-order valence-electron chi connectivity index (χ2n) is 34.9.